The summed E-state index contributed by atoms with van der Waals surface area (Å²) in [6, 6.07) is 9.90. The summed E-state index contributed by atoms with van der Waals surface area (Å²) in [4.78, 5) is 16.8. The second-order valence-electron chi connectivity index (χ2n) is 7.29. The monoisotopic (exact) mass is 374 g/mol. The molecular weight excluding hydrogens is 348 g/mol. The Morgan fingerprint density at radius 3 is 2.62 bits per heavy atom. The van der Waals surface area contributed by atoms with Crippen LogP contribution in [0.15, 0.2) is 30.3 Å². The van der Waals surface area contributed by atoms with Crippen LogP contribution in [0.5, 0.6) is 0 Å². The summed E-state index contributed by atoms with van der Waals surface area (Å²) >= 11 is 6.27. The lowest BCUT2D eigenvalue weighted by atomic mass is 9.96. The zero-order valence-electron chi connectivity index (χ0n) is 15.8. The van der Waals surface area contributed by atoms with E-state index in [4.69, 9.17) is 11.6 Å². The highest BCUT2D eigenvalue weighted by molar-refractivity contribution is 6.31. The third-order valence-corrected chi connectivity index (χ3v) is 5.64. The van der Waals surface area contributed by atoms with E-state index in [-0.39, 0.29) is 5.91 Å². The molecule has 6 heteroatoms. The van der Waals surface area contributed by atoms with E-state index in [1.165, 1.54) is 5.56 Å². The number of aryl methyl sites for hydroxylation is 2. The second kappa shape index (κ2) is 8.23. The first-order valence-electron chi connectivity index (χ1n) is 9.16. The number of piperidine rings is 1. The van der Waals surface area contributed by atoms with Crippen molar-refractivity contribution in [2.75, 3.05) is 26.7 Å². The van der Waals surface area contributed by atoms with Gasteiger partial charge in [-0.25, -0.2) is 0 Å². The maximum absolute atomic E-state index is 12.6. The standard InChI is InChI=1S/C20H27ClN4O/c1-15-12-19(22-24(15)3)20(26)23(2)13-16-8-10-25(11-9-16)14-17-6-4-5-7-18(17)21/h4-7,12,16H,8-11,13-14H2,1-3H3. The molecule has 0 bridgehead atoms. The number of hydrogen-bond acceptors (Lipinski definition) is 3. The lowest BCUT2D eigenvalue weighted by molar-refractivity contribution is 0.0731. The summed E-state index contributed by atoms with van der Waals surface area (Å²) < 4.78 is 1.74. The molecule has 140 valence electrons. The number of benzene rings is 1. The van der Waals surface area contributed by atoms with Crippen molar-refractivity contribution in [1.29, 1.82) is 0 Å². The van der Waals surface area contributed by atoms with Crippen molar-refractivity contribution in [1.82, 2.24) is 19.6 Å². The lowest BCUT2D eigenvalue weighted by Crippen LogP contribution is -2.39. The number of carbonyl (C=O) groups excluding carboxylic acids is 1. The Labute approximate surface area is 160 Å². The topological polar surface area (TPSA) is 41.4 Å². The number of rotatable bonds is 5. The van der Waals surface area contributed by atoms with Crippen molar-refractivity contribution in [3.05, 3.63) is 52.3 Å². The molecule has 0 N–H and O–H groups in total. The number of aromatic nitrogens is 2. The molecule has 2 aromatic rings. The summed E-state index contributed by atoms with van der Waals surface area (Å²) in [5, 5.41) is 5.13. The molecular formula is C20H27ClN4O. The van der Waals surface area contributed by atoms with Gasteiger partial charge in [0.05, 0.1) is 0 Å². The zero-order chi connectivity index (χ0) is 18.7. The van der Waals surface area contributed by atoms with E-state index < -0.39 is 0 Å². The molecule has 5 nitrogen and oxygen atoms in total. The number of carbonyl (C=O) groups is 1. The quantitative estimate of drug-likeness (QED) is 0.805. The number of halogens is 1. The summed E-state index contributed by atoms with van der Waals surface area (Å²) in [6.07, 6.45) is 2.20. The van der Waals surface area contributed by atoms with Gasteiger partial charge in [0.15, 0.2) is 5.69 Å². The van der Waals surface area contributed by atoms with Gasteiger partial charge in [-0.1, -0.05) is 29.8 Å². The molecule has 0 unspecified atom stereocenters. The van der Waals surface area contributed by atoms with Crippen molar-refractivity contribution < 1.29 is 4.79 Å². The number of hydrogen-bond donors (Lipinski definition) is 0. The molecule has 1 amide bonds. The van der Waals surface area contributed by atoms with Crippen LogP contribution in [0.1, 0.15) is 34.6 Å². The van der Waals surface area contributed by atoms with E-state index in [2.05, 4.69) is 16.1 Å². The molecule has 0 aliphatic carbocycles. The van der Waals surface area contributed by atoms with Gasteiger partial charge in [-0.3, -0.25) is 14.4 Å². The molecule has 1 fully saturated rings. The maximum Gasteiger partial charge on any atom is 0.274 e. The predicted molar refractivity (Wildman–Crippen MR) is 104 cm³/mol. The van der Waals surface area contributed by atoms with Crippen LogP contribution in [-0.4, -0.2) is 52.2 Å². The fourth-order valence-corrected chi connectivity index (χ4v) is 3.72. The third kappa shape index (κ3) is 4.46. The lowest BCUT2D eigenvalue weighted by Gasteiger charge is -2.34. The highest BCUT2D eigenvalue weighted by Gasteiger charge is 2.24. The van der Waals surface area contributed by atoms with Crippen LogP contribution in [0.2, 0.25) is 5.02 Å². The Bertz CT molecular complexity index is 745. The predicted octanol–water partition coefficient (Wildman–Crippen LogP) is 3.37. The van der Waals surface area contributed by atoms with Gasteiger partial charge in [0.25, 0.3) is 5.91 Å². The van der Waals surface area contributed by atoms with Crippen LogP contribution in [-0.2, 0) is 13.6 Å². The molecule has 1 saturated heterocycles. The molecule has 0 atom stereocenters. The molecule has 26 heavy (non-hydrogen) atoms. The molecule has 0 radical (unpaired) electrons. The van der Waals surface area contributed by atoms with E-state index >= 15 is 0 Å². The Kier molecular flexibility index (Phi) is 5.99. The summed E-state index contributed by atoms with van der Waals surface area (Å²) in [6.45, 7) is 5.72. The highest BCUT2D eigenvalue weighted by atomic mass is 35.5. The summed E-state index contributed by atoms with van der Waals surface area (Å²) in [7, 11) is 3.74. The Morgan fingerprint density at radius 1 is 1.31 bits per heavy atom. The minimum atomic E-state index is 0.00666. The van der Waals surface area contributed by atoms with Crippen molar-refractivity contribution in [2.24, 2.45) is 13.0 Å². The van der Waals surface area contributed by atoms with E-state index in [0.29, 0.717) is 11.6 Å². The van der Waals surface area contributed by atoms with Crippen LogP contribution < -0.4 is 0 Å². The van der Waals surface area contributed by atoms with Gasteiger partial charge < -0.3 is 4.90 Å². The molecule has 1 aliphatic rings. The van der Waals surface area contributed by atoms with Gasteiger partial charge in [-0.15, -0.1) is 0 Å². The van der Waals surface area contributed by atoms with Gasteiger partial charge in [-0.05, 0) is 56.5 Å². The molecule has 1 aromatic heterocycles. The minimum absolute atomic E-state index is 0.00666. The number of nitrogens with zero attached hydrogens (tertiary/aromatic N) is 4. The Balaban J connectivity index is 1.49. The molecule has 0 spiro atoms. The van der Waals surface area contributed by atoms with Crippen LogP contribution in [0, 0.1) is 12.8 Å². The molecule has 1 aliphatic heterocycles. The average molecular weight is 375 g/mol. The van der Waals surface area contributed by atoms with E-state index in [9.17, 15) is 4.79 Å². The van der Waals surface area contributed by atoms with Crippen LogP contribution in [0.25, 0.3) is 0 Å². The smallest absolute Gasteiger partial charge is 0.274 e. The SMILES string of the molecule is Cc1cc(C(=O)N(C)CC2CCN(Cc3ccccc3Cl)CC2)nn1C. The fraction of sp³-hybridized carbons (Fsp3) is 0.500. The first kappa shape index (κ1) is 18.9. The normalized spacial score (nSPS) is 16.0. The largest absolute Gasteiger partial charge is 0.340 e. The van der Waals surface area contributed by atoms with E-state index in [1.54, 1.807) is 4.68 Å². The van der Waals surface area contributed by atoms with Crippen LogP contribution in [0.3, 0.4) is 0 Å². The number of amides is 1. The van der Waals surface area contributed by atoms with Crippen molar-refractivity contribution >= 4 is 17.5 Å². The van der Waals surface area contributed by atoms with E-state index in [1.807, 2.05) is 50.2 Å². The van der Waals surface area contributed by atoms with Crippen molar-refractivity contribution in [3.8, 4) is 0 Å². The van der Waals surface area contributed by atoms with Gasteiger partial charge in [0.2, 0.25) is 0 Å². The minimum Gasteiger partial charge on any atom is -0.340 e. The van der Waals surface area contributed by atoms with Crippen LogP contribution in [0.4, 0.5) is 0 Å². The number of likely N-dealkylation sites (tertiary alicyclic amines) is 1. The molecule has 3 rings (SSSR count). The summed E-state index contributed by atoms with van der Waals surface area (Å²) in [5.41, 5.74) is 2.71. The Hall–Kier alpha value is -1.85. The van der Waals surface area contributed by atoms with Gasteiger partial charge in [0, 0.05) is 37.9 Å². The molecule has 0 saturated carbocycles. The van der Waals surface area contributed by atoms with Gasteiger partial charge in [-0.2, -0.15) is 5.10 Å². The van der Waals surface area contributed by atoms with Crippen LogP contribution >= 0.6 is 11.6 Å². The first-order valence-corrected chi connectivity index (χ1v) is 9.53. The van der Waals surface area contributed by atoms with Crippen molar-refractivity contribution in [3.63, 3.8) is 0 Å². The molecule has 1 aromatic carbocycles. The maximum atomic E-state index is 12.6. The fourth-order valence-electron chi connectivity index (χ4n) is 3.53. The van der Waals surface area contributed by atoms with Crippen molar-refractivity contribution in [2.45, 2.75) is 26.3 Å². The van der Waals surface area contributed by atoms with Gasteiger partial charge in [0.1, 0.15) is 0 Å². The zero-order valence-corrected chi connectivity index (χ0v) is 16.5. The summed E-state index contributed by atoms with van der Waals surface area (Å²) in [5.74, 6) is 0.545. The highest BCUT2D eigenvalue weighted by Crippen LogP contribution is 2.23. The Morgan fingerprint density at radius 2 is 2.00 bits per heavy atom. The molecule has 2 heterocycles. The van der Waals surface area contributed by atoms with E-state index in [0.717, 1.165) is 49.7 Å². The third-order valence-electron chi connectivity index (χ3n) is 5.27. The second-order valence-corrected chi connectivity index (χ2v) is 7.70. The average Bonchev–Trinajstić information content (AvgIpc) is 2.97. The van der Waals surface area contributed by atoms with Gasteiger partial charge >= 0.3 is 0 Å². The first-order chi connectivity index (χ1) is 12.4.